The molecule has 0 radical (unpaired) electrons. The second-order valence-electron chi connectivity index (χ2n) is 5.36. The quantitative estimate of drug-likeness (QED) is 0.887. The predicted molar refractivity (Wildman–Crippen MR) is 75.4 cm³/mol. The van der Waals surface area contributed by atoms with E-state index in [0.29, 0.717) is 6.04 Å². The van der Waals surface area contributed by atoms with Crippen molar-refractivity contribution < 1.29 is 9.47 Å². The van der Waals surface area contributed by atoms with Crippen LogP contribution in [0.2, 0.25) is 0 Å². The first-order chi connectivity index (χ1) is 9.15. The van der Waals surface area contributed by atoms with Gasteiger partial charge in [0.1, 0.15) is 11.9 Å². The van der Waals surface area contributed by atoms with Crippen LogP contribution in [0.25, 0.3) is 0 Å². The molecule has 4 heteroatoms. The van der Waals surface area contributed by atoms with Crippen LogP contribution >= 0.6 is 0 Å². The summed E-state index contributed by atoms with van der Waals surface area (Å²) in [6, 6.07) is 4.49. The number of ether oxygens (including phenoxy) is 2. The summed E-state index contributed by atoms with van der Waals surface area (Å²) in [4.78, 5) is 4.59. The third-order valence-electron chi connectivity index (χ3n) is 3.21. The first-order valence-electron chi connectivity index (χ1n) is 7.09. The number of pyridine rings is 1. The standard InChI is InChI=1S/C15H24N2O2/c1-11(2)16-10-14-15(5-4-12(3)17-14)19-13-6-8-18-9-7-13/h4-5,11,13,16H,6-10H2,1-3H3. The Labute approximate surface area is 115 Å². The monoisotopic (exact) mass is 264 g/mol. The van der Waals surface area contributed by atoms with Crippen LogP contribution in [0.3, 0.4) is 0 Å². The van der Waals surface area contributed by atoms with Crippen LogP contribution in [-0.4, -0.2) is 30.3 Å². The van der Waals surface area contributed by atoms with Crippen LogP contribution in [0, 0.1) is 6.92 Å². The predicted octanol–water partition coefficient (Wildman–Crippen LogP) is 2.45. The van der Waals surface area contributed by atoms with E-state index in [9.17, 15) is 0 Å². The number of aromatic nitrogens is 1. The van der Waals surface area contributed by atoms with Gasteiger partial charge in [0.15, 0.2) is 0 Å². The van der Waals surface area contributed by atoms with Gasteiger partial charge in [-0.2, -0.15) is 0 Å². The van der Waals surface area contributed by atoms with Gasteiger partial charge in [0.25, 0.3) is 0 Å². The fourth-order valence-electron chi connectivity index (χ4n) is 2.11. The van der Waals surface area contributed by atoms with Gasteiger partial charge in [-0.15, -0.1) is 0 Å². The highest BCUT2D eigenvalue weighted by Gasteiger charge is 2.17. The maximum Gasteiger partial charge on any atom is 0.142 e. The lowest BCUT2D eigenvalue weighted by Gasteiger charge is -2.24. The Morgan fingerprint density at radius 3 is 2.79 bits per heavy atom. The van der Waals surface area contributed by atoms with E-state index in [1.165, 1.54) is 0 Å². The molecule has 1 aliphatic heterocycles. The SMILES string of the molecule is Cc1ccc(OC2CCOCC2)c(CNC(C)C)n1. The van der Waals surface area contributed by atoms with E-state index in [-0.39, 0.29) is 6.10 Å². The fraction of sp³-hybridized carbons (Fsp3) is 0.667. The fourth-order valence-corrected chi connectivity index (χ4v) is 2.11. The largest absolute Gasteiger partial charge is 0.488 e. The summed E-state index contributed by atoms with van der Waals surface area (Å²) in [5.74, 6) is 0.908. The summed E-state index contributed by atoms with van der Waals surface area (Å²) < 4.78 is 11.4. The zero-order valence-electron chi connectivity index (χ0n) is 12.1. The molecule has 106 valence electrons. The Balaban J connectivity index is 2.04. The van der Waals surface area contributed by atoms with Crippen molar-refractivity contribution in [3.8, 4) is 5.75 Å². The summed E-state index contributed by atoms with van der Waals surface area (Å²) >= 11 is 0. The van der Waals surface area contributed by atoms with Crippen molar-refractivity contribution >= 4 is 0 Å². The lowest BCUT2D eigenvalue weighted by atomic mass is 10.1. The lowest BCUT2D eigenvalue weighted by Crippen LogP contribution is -2.27. The van der Waals surface area contributed by atoms with Crippen molar-refractivity contribution in [2.24, 2.45) is 0 Å². The Kier molecular flexibility index (Phi) is 5.16. The van der Waals surface area contributed by atoms with Crippen LogP contribution in [0.1, 0.15) is 38.1 Å². The summed E-state index contributed by atoms with van der Waals surface area (Å²) in [5.41, 5.74) is 2.03. The lowest BCUT2D eigenvalue weighted by molar-refractivity contribution is 0.0249. The van der Waals surface area contributed by atoms with Crippen LogP contribution in [-0.2, 0) is 11.3 Å². The molecule has 0 unspecified atom stereocenters. The summed E-state index contributed by atoms with van der Waals surface area (Å²) in [6.45, 7) is 8.62. The zero-order valence-corrected chi connectivity index (χ0v) is 12.1. The number of aryl methyl sites for hydroxylation is 1. The molecular formula is C15H24N2O2. The normalized spacial score (nSPS) is 16.8. The smallest absolute Gasteiger partial charge is 0.142 e. The molecule has 0 atom stereocenters. The number of hydrogen-bond donors (Lipinski definition) is 1. The molecule has 0 amide bonds. The molecule has 0 saturated carbocycles. The molecule has 1 N–H and O–H groups in total. The van der Waals surface area contributed by atoms with Crippen molar-refractivity contribution in [3.05, 3.63) is 23.5 Å². The van der Waals surface area contributed by atoms with Gasteiger partial charge in [0.05, 0.1) is 18.9 Å². The van der Waals surface area contributed by atoms with Crippen molar-refractivity contribution in [3.63, 3.8) is 0 Å². The van der Waals surface area contributed by atoms with Crippen molar-refractivity contribution in [1.29, 1.82) is 0 Å². The molecule has 1 aliphatic rings. The molecular weight excluding hydrogens is 240 g/mol. The van der Waals surface area contributed by atoms with Gasteiger partial charge in [-0.1, -0.05) is 13.8 Å². The van der Waals surface area contributed by atoms with Gasteiger partial charge in [-0.05, 0) is 19.1 Å². The molecule has 4 nitrogen and oxygen atoms in total. The maximum atomic E-state index is 6.09. The van der Waals surface area contributed by atoms with Crippen molar-refractivity contribution in [2.45, 2.75) is 52.3 Å². The Bertz CT molecular complexity index is 401. The van der Waals surface area contributed by atoms with E-state index < -0.39 is 0 Å². The summed E-state index contributed by atoms with van der Waals surface area (Å²) in [7, 11) is 0. The van der Waals surface area contributed by atoms with Crippen molar-refractivity contribution in [1.82, 2.24) is 10.3 Å². The van der Waals surface area contributed by atoms with Crippen LogP contribution in [0.5, 0.6) is 5.75 Å². The van der Waals surface area contributed by atoms with Gasteiger partial charge in [-0.3, -0.25) is 4.98 Å². The molecule has 1 aromatic heterocycles. The molecule has 0 bridgehead atoms. The van der Waals surface area contributed by atoms with E-state index in [0.717, 1.165) is 49.7 Å². The molecule has 0 aliphatic carbocycles. The van der Waals surface area contributed by atoms with E-state index >= 15 is 0 Å². The zero-order chi connectivity index (χ0) is 13.7. The molecule has 1 saturated heterocycles. The van der Waals surface area contributed by atoms with E-state index in [1.54, 1.807) is 0 Å². The maximum absolute atomic E-state index is 6.09. The topological polar surface area (TPSA) is 43.4 Å². The minimum atomic E-state index is 0.260. The number of rotatable bonds is 5. The molecule has 1 aromatic rings. The van der Waals surface area contributed by atoms with Gasteiger partial charge in [0, 0.05) is 31.1 Å². The third kappa shape index (κ3) is 4.48. The highest BCUT2D eigenvalue weighted by molar-refractivity contribution is 5.29. The molecule has 2 heterocycles. The Morgan fingerprint density at radius 2 is 2.11 bits per heavy atom. The summed E-state index contributed by atoms with van der Waals surface area (Å²) in [6.07, 6.45) is 2.19. The molecule has 0 aromatic carbocycles. The summed E-state index contributed by atoms with van der Waals surface area (Å²) in [5, 5.41) is 3.40. The van der Waals surface area contributed by atoms with E-state index in [2.05, 4.69) is 24.1 Å². The van der Waals surface area contributed by atoms with Gasteiger partial charge < -0.3 is 14.8 Å². The minimum Gasteiger partial charge on any atom is -0.488 e. The first kappa shape index (κ1) is 14.3. The number of hydrogen-bond acceptors (Lipinski definition) is 4. The van der Waals surface area contributed by atoms with Gasteiger partial charge >= 0.3 is 0 Å². The molecule has 2 rings (SSSR count). The minimum absolute atomic E-state index is 0.260. The van der Waals surface area contributed by atoms with Gasteiger partial charge in [-0.25, -0.2) is 0 Å². The van der Waals surface area contributed by atoms with Crippen LogP contribution in [0.15, 0.2) is 12.1 Å². The second kappa shape index (κ2) is 6.87. The Morgan fingerprint density at radius 1 is 1.37 bits per heavy atom. The van der Waals surface area contributed by atoms with Crippen LogP contribution in [0.4, 0.5) is 0 Å². The van der Waals surface area contributed by atoms with E-state index in [1.807, 2.05) is 19.1 Å². The average molecular weight is 264 g/mol. The Hall–Kier alpha value is -1.13. The van der Waals surface area contributed by atoms with Crippen LogP contribution < -0.4 is 10.1 Å². The highest BCUT2D eigenvalue weighted by atomic mass is 16.5. The first-order valence-corrected chi connectivity index (χ1v) is 7.09. The number of nitrogens with one attached hydrogen (secondary N) is 1. The van der Waals surface area contributed by atoms with E-state index in [4.69, 9.17) is 9.47 Å². The molecule has 0 spiro atoms. The third-order valence-corrected chi connectivity index (χ3v) is 3.21. The second-order valence-corrected chi connectivity index (χ2v) is 5.36. The van der Waals surface area contributed by atoms with Gasteiger partial charge in [0.2, 0.25) is 0 Å². The number of nitrogens with zero attached hydrogens (tertiary/aromatic N) is 1. The highest BCUT2D eigenvalue weighted by Crippen LogP contribution is 2.22. The molecule has 1 fully saturated rings. The molecule has 19 heavy (non-hydrogen) atoms. The van der Waals surface area contributed by atoms with Crippen molar-refractivity contribution in [2.75, 3.05) is 13.2 Å². The average Bonchev–Trinajstić information content (AvgIpc) is 2.40.